The molecule has 4 heteroatoms. The van der Waals surface area contributed by atoms with Crippen molar-refractivity contribution < 1.29 is 4.79 Å². The number of carbonyl (C=O) groups is 1. The van der Waals surface area contributed by atoms with E-state index in [9.17, 15) is 4.79 Å². The van der Waals surface area contributed by atoms with Gasteiger partial charge in [-0.05, 0) is 31.0 Å². The van der Waals surface area contributed by atoms with E-state index in [1.165, 1.54) is 0 Å². The van der Waals surface area contributed by atoms with Gasteiger partial charge in [0.1, 0.15) is 5.54 Å². The van der Waals surface area contributed by atoms with E-state index in [4.69, 9.17) is 0 Å². The Kier molecular flexibility index (Phi) is 2.43. The first-order valence-electron chi connectivity index (χ1n) is 5.98. The van der Waals surface area contributed by atoms with E-state index in [1.54, 1.807) is 0 Å². The van der Waals surface area contributed by atoms with Gasteiger partial charge in [0.2, 0.25) is 5.91 Å². The van der Waals surface area contributed by atoms with Crippen molar-refractivity contribution in [1.82, 2.24) is 0 Å². The summed E-state index contributed by atoms with van der Waals surface area (Å²) in [7, 11) is 2.04. The smallest absolute Gasteiger partial charge is 0.250 e. The van der Waals surface area contributed by atoms with Crippen molar-refractivity contribution in [3.8, 4) is 0 Å². The number of benzene rings is 1. The SMILES string of the molecule is CN1c2ccc(Br)cc2NC(=O)C12CCCC2. The van der Waals surface area contributed by atoms with Crippen molar-refractivity contribution >= 4 is 33.2 Å². The van der Waals surface area contributed by atoms with Gasteiger partial charge in [0.05, 0.1) is 11.4 Å². The lowest BCUT2D eigenvalue weighted by molar-refractivity contribution is -0.121. The lowest BCUT2D eigenvalue weighted by Crippen LogP contribution is -2.56. The summed E-state index contributed by atoms with van der Waals surface area (Å²) in [5, 5.41) is 3.05. The number of hydrogen-bond donors (Lipinski definition) is 1. The van der Waals surface area contributed by atoms with Gasteiger partial charge in [-0.25, -0.2) is 0 Å². The molecule has 1 heterocycles. The lowest BCUT2D eigenvalue weighted by Gasteiger charge is -2.43. The summed E-state index contributed by atoms with van der Waals surface area (Å²) in [6, 6.07) is 6.06. The van der Waals surface area contributed by atoms with E-state index in [2.05, 4.69) is 32.2 Å². The molecule has 0 unspecified atom stereocenters. The normalized spacial score (nSPS) is 21.5. The van der Waals surface area contributed by atoms with Gasteiger partial charge >= 0.3 is 0 Å². The van der Waals surface area contributed by atoms with Crippen molar-refractivity contribution in [3.05, 3.63) is 22.7 Å². The van der Waals surface area contributed by atoms with Crippen molar-refractivity contribution in [2.45, 2.75) is 31.2 Å². The van der Waals surface area contributed by atoms with E-state index in [1.807, 2.05) is 19.2 Å². The number of fused-ring (bicyclic) bond motifs is 1. The number of nitrogens with one attached hydrogen (secondary N) is 1. The van der Waals surface area contributed by atoms with E-state index in [0.29, 0.717) is 0 Å². The highest BCUT2D eigenvalue weighted by Gasteiger charge is 2.47. The monoisotopic (exact) mass is 294 g/mol. The average Bonchev–Trinajstić information content (AvgIpc) is 2.77. The Morgan fingerprint density at radius 2 is 2.06 bits per heavy atom. The minimum atomic E-state index is -0.305. The van der Waals surface area contributed by atoms with Crippen molar-refractivity contribution in [2.75, 3.05) is 17.3 Å². The van der Waals surface area contributed by atoms with Crippen LogP contribution in [0.5, 0.6) is 0 Å². The molecule has 0 saturated heterocycles. The number of nitrogens with zero attached hydrogens (tertiary/aromatic N) is 1. The molecule has 1 saturated carbocycles. The second-order valence-electron chi connectivity index (χ2n) is 4.91. The topological polar surface area (TPSA) is 32.3 Å². The fourth-order valence-electron chi connectivity index (χ4n) is 3.04. The van der Waals surface area contributed by atoms with Gasteiger partial charge in [-0.2, -0.15) is 0 Å². The molecular weight excluding hydrogens is 280 g/mol. The van der Waals surface area contributed by atoms with Crippen LogP contribution in [0.4, 0.5) is 11.4 Å². The molecule has 2 aliphatic rings. The first kappa shape index (κ1) is 11.1. The van der Waals surface area contributed by atoms with Gasteiger partial charge in [0, 0.05) is 11.5 Å². The molecule has 17 heavy (non-hydrogen) atoms. The Morgan fingerprint density at radius 3 is 2.76 bits per heavy atom. The maximum absolute atomic E-state index is 12.3. The predicted molar refractivity (Wildman–Crippen MR) is 72.4 cm³/mol. The van der Waals surface area contributed by atoms with E-state index in [-0.39, 0.29) is 11.4 Å². The van der Waals surface area contributed by atoms with Crippen LogP contribution in [0.25, 0.3) is 0 Å². The van der Waals surface area contributed by atoms with Crippen LogP contribution in [0, 0.1) is 0 Å². The van der Waals surface area contributed by atoms with Crippen LogP contribution < -0.4 is 10.2 Å². The van der Waals surface area contributed by atoms with Crippen LogP contribution in [0.3, 0.4) is 0 Å². The third-order valence-electron chi connectivity index (χ3n) is 4.06. The third kappa shape index (κ3) is 1.50. The molecular formula is C13H15BrN2O. The number of hydrogen-bond acceptors (Lipinski definition) is 2. The maximum atomic E-state index is 12.3. The molecule has 0 atom stereocenters. The summed E-state index contributed by atoms with van der Waals surface area (Å²) in [5.41, 5.74) is 1.72. The molecule has 0 radical (unpaired) electrons. The van der Waals surface area contributed by atoms with E-state index < -0.39 is 0 Å². The molecule has 1 aliphatic heterocycles. The third-order valence-corrected chi connectivity index (χ3v) is 4.56. The van der Waals surface area contributed by atoms with E-state index in [0.717, 1.165) is 41.5 Å². The van der Waals surface area contributed by atoms with Crippen molar-refractivity contribution in [1.29, 1.82) is 0 Å². The summed E-state index contributed by atoms with van der Waals surface area (Å²) in [6.45, 7) is 0. The molecule has 1 amide bonds. The maximum Gasteiger partial charge on any atom is 0.250 e. The molecule has 1 spiro atoms. The second-order valence-corrected chi connectivity index (χ2v) is 5.83. The second kappa shape index (κ2) is 3.73. The highest BCUT2D eigenvalue weighted by molar-refractivity contribution is 9.10. The number of carbonyl (C=O) groups excluding carboxylic acids is 1. The highest BCUT2D eigenvalue weighted by atomic mass is 79.9. The lowest BCUT2D eigenvalue weighted by atomic mass is 9.91. The van der Waals surface area contributed by atoms with Crippen LogP contribution in [-0.2, 0) is 4.79 Å². The zero-order valence-electron chi connectivity index (χ0n) is 9.79. The predicted octanol–water partition coefficient (Wildman–Crippen LogP) is 3.15. The van der Waals surface area contributed by atoms with Crippen molar-refractivity contribution in [3.63, 3.8) is 0 Å². The fourth-order valence-corrected chi connectivity index (χ4v) is 3.41. The number of amides is 1. The molecule has 1 N–H and O–H groups in total. The number of rotatable bonds is 0. The highest BCUT2D eigenvalue weighted by Crippen LogP contribution is 2.44. The molecule has 1 aromatic rings. The Bertz CT molecular complexity index is 480. The molecule has 90 valence electrons. The molecule has 0 bridgehead atoms. The minimum absolute atomic E-state index is 0.156. The van der Waals surface area contributed by atoms with E-state index >= 15 is 0 Å². The quantitative estimate of drug-likeness (QED) is 0.797. The average molecular weight is 295 g/mol. The van der Waals surface area contributed by atoms with Gasteiger partial charge in [-0.1, -0.05) is 28.8 Å². The molecule has 1 aliphatic carbocycles. The Hall–Kier alpha value is -1.03. The van der Waals surface area contributed by atoms with Crippen molar-refractivity contribution in [2.24, 2.45) is 0 Å². The zero-order valence-corrected chi connectivity index (χ0v) is 11.4. The van der Waals surface area contributed by atoms with Crippen LogP contribution in [0.15, 0.2) is 22.7 Å². The van der Waals surface area contributed by atoms with Crippen LogP contribution in [0.1, 0.15) is 25.7 Å². The van der Waals surface area contributed by atoms with Crippen LogP contribution in [-0.4, -0.2) is 18.5 Å². The summed E-state index contributed by atoms with van der Waals surface area (Å²) in [4.78, 5) is 14.5. The van der Waals surface area contributed by atoms with Crippen LogP contribution in [0.2, 0.25) is 0 Å². The largest absolute Gasteiger partial charge is 0.359 e. The zero-order chi connectivity index (χ0) is 12.0. The molecule has 3 rings (SSSR count). The Labute approximate surface area is 109 Å². The molecule has 1 fully saturated rings. The van der Waals surface area contributed by atoms with Gasteiger partial charge < -0.3 is 10.2 Å². The van der Waals surface area contributed by atoms with Gasteiger partial charge in [-0.15, -0.1) is 0 Å². The number of anilines is 2. The molecule has 1 aromatic carbocycles. The van der Waals surface area contributed by atoms with Gasteiger partial charge in [0.25, 0.3) is 0 Å². The minimum Gasteiger partial charge on any atom is -0.359 e. The van der Waals surface area contributed by atoms with Gasteiger partial charge in [0.15, 0.2) is 0 Å². The Morgan fingerprint density at radius 1 is 1.35 bits per heavy atom. The summed E-state index contributed by atoms with van der Waals surface area (Å²) in [5.74, 6) is 0.156. The standard InChI is InChI=1S/C13H15BrN2O/c1-16-11-5-4-9(14)8-10(11)15-12(17)13(16)6-2-3-7-13/h4-5,8H,2-3,6-7H2,1H3,(H,15,17). The summed E-state index contributed by atoms with van der Waals surface area (Å²) < 4.78 is 0.993. The molecule has 0 aromatic heterocycles. The number of likely N-dealkylation sites (N-methyl/N-ethyl adjacent to an activating group) is 1. The van der Waals surface area contributed by atoms with Gasteiger partial charge in [-0.3, -0.25) is 4.79 Å². The fraction of sp³-hybridized carbons (Fsp3) is 0.462. The summed E-state index contributed by atoms with van der Waals surface area (Å²) >= 11 is 3.44. The van der Waals surface area contributed by atoms with Crippen LogP contribution >= 0.6 is 15.9 Å². The molecule has 3 nitrogen and oxygen atoms in total. The number of halogens is 1. The first-order chi connectivity index (χ1) is 8.13. The first-order valence-corrected chi connectivity index (χ1v) is 6.78. The Balaban J connectivity index is 2.10. The summed E-state index contributed by atoms with van der Waals surface area (Å²) in [6.07, 6.45) is 4.21.